The first kappa shape index (κ1) is 20.0. The summed E-state index contributed by atoms with van der Waals surface area (Å²) in [5, 5.41) is 4.96. The molecule has 0 spiro atoms. The molecule has 3 aromatic rings. The molecule has 1 amide bonds. The molecule has 0 bridgehead atoms. The van der Waals surface area contributed by atoms with Crippen LogP contribution >= 0.6 is 11.3 Å². The quantitative estimate of drug-likeness (QED) is 0.569. The fourth-order valence-electron chi connectivity index (χ4n) is 3.09. The van der Waals surface area contributed by atoms with Crippen molar-refractivity contribution in [1.29, 1.82) is 0 Å². The van der Waals surface area contributed by atoms with Crippen LogP contribution in [0, 0.1) is 13.8 Å². The van der Waals surface area contributed by atoms with E-state index in [-0.39, 0.29) is 18.9 Å². The van der Waals surface area contributed by atoms with Gasteiger partial charge in [0.05, 0.1) is 15.9 Å². The number of carbonyl (C=O) groups is 2. The topological polar surface area (TPSA) is 77.3 Å². The Morgan fingerprint density at radius 1 is 1.25 bits per heavy atom. The second-order valence-electron chi connectivity index (χ2n) is 6.54. The number of aromatic nitrogens is 3. The van der Waals surface area contributed by atoms with Gasteiger partial charge in [-0.3, -0.25) is 19.2 Å². The molecule has 7 nitrogen and oxygen atoms in total. The minimum atomic E-state index is -0.392. The molecule has 0 unspecified atom stereocenters. The number of aryl methyl sites for hydroxylation is 2. The second kappa shape index (κ2) is 8.52. The van der Waals surface area contributed by atoms with Crippen LogP contribution < -0.4 is 4.90 Å². The lowest BCUT2D eigenvalue weighted by Gasteiger charge is -2.17. The van der Waals surface area contributed by atoms with E-state index >= 15 is 0 Å². The molecule has 28 heavy (non-hydrogen) atoms. The zero-order valence-corrected chi connectivity index (χ0v) is 17.4. The van der Waals surface area contributed by atoms with Gasteiger partial charge in [-0.25, -0.2) is 4.98 Å². The Morgan fingerprint density at radius 3 is 2.64 bits per heavy atom. The zero-order chi connectivity index (χ0) is 20.3. The summed E-state index contributed by atoms with van der Waals surface area (Å²) in [5.41, 5.74) is 3.86. The summed E-state index contributed by atoms with van der Waals surface area (Å²) in [5.74, 6) is -0.667. The number of amides is 1. The van der Waals surface area contributed by atoms with Crippen LogP contribution in [-0.2, 0) is 27.8 Å². The van der Waals surface area contributed by atoms with Crippen molar-refractivity contribution in [3.63, 3.8) is 0 Å². The standard InChI is InChI=1S/C20H24N4O3S/c1-5-24(20-21-16-8-6-7-9-17(16)28-20)18(25)12-27-19(26)11-10-15-13(2)22-23(4)14(15)3/h6-9H,5,10-12H2,1-4H3. The van der Waals surface area contributed by atoms with Gasteiger partial charge in [-0.05, 0) is 44.9 Å². The number of hydrogen-bond donors (Lipinski definition) is 0. The molecule has 0 fully saturated rings. The summed E-state index contributed by atoms with van der Waals surface area (Å²) in [6, 6.07) is 7.74. The molecule has 2 heterocycles. The average Bonchev–Trinajstić information content (AvgIpc) is 3.20. The highest BCUT2D eigenvalue weighted by molar-refractivity contribution is 7.22. The van der Waals surface area contributed by atoms with Crippen LogP contribution in [0.15, 0.2) is 24.3 Å². The normalized spacial score (nSPS) is 11.0. The highest BCUT2D eigenvalue weighted by Crippen LogP contribution is 2.28. The number of nitrogens with zero attached hydrogens (tertiary/aromatic N) is 4. The lowest BCUT2D eigenvalue weighted by molar-refractivity contribution is -0.147. The number of anilines is 1. The minimum Gasteiger partial charge on any atom is -0.456 e. The Kier molecular flexibility index (Phi) is 6.08. The summed E-state index contributed by atoms with van der Waals surface area (Å²) in [4.78, 5) is 30.7. The Balaban J connectivity index is 1.56. The van der Waals surface area contributed by atoms with Crippen LogP contribution in [0.5, 0.6) is 0 Å². The third-order valence-electron chi connectivity index (χ3n) is 4.73. The van der Waals surface area contributed by atoms with Crippen LogP contribution in [0.3, 0.4) is 0 Å². The van der Waals surface area contributed by atoms with Gasteiger partial charge in [-0.1, -0.05) is 23.5 Å². The molecule has 0 saturated heterocycles. The summed E-state index contributed by atoms with van der Waals surface area (Å²) < 4.78 is 8.03. The molecule has 148 valence electrons. The molecular weight excluding hydrogens is 376 g/mol. The van der Waals surface area contributed by atoms with Crippen LogP contribution in [0.2, 0.25) is 0 Å². The smallest absolute Gasteiger partial charge is 0.306 e. The molecule has 0 atom stereocenters. The average molecular weight is 401 g/mol. The van der Waals surface area contributed by atoms with Crippen molar-refractivity contribution in [1.82, 2.24) is 14.8 Å². The maximum atomic E-state index is 12.5. The monoisotopic (exact) mass is 400 g/mol. The fraction of sp³-hybridized carbons (Fsp3) is 0.400. The number of thiazole rings is 1. The van der Waals surface area contributed by atoms with Crippen molar-refractivity contribution in [3.8, 4) is 0 Å². The molecule has 1 aromatic carbocycles. The molecule has 3 rings (SSSR count). The van der Waals surface area contributed by atoms with Crippen molar-refractivity contribution in [3.05, 3.63) is 41.2 Å². The summed E-state index contributed by atoms with van der Waals surface area (Å²) in [6.07, 6.45) is 0.766. The number of hydrogen-bond acceptors (Lipinski definition) is 6. The van der Waals surface area contributed by atoms with Crippen molar-refractivity contribution in [2.24, 2.45) is 7.05 Å². The SMILES string of the molecule is CCN(C(=O)COC(=O)CCc1c(C)nn(C)c1C)c1nc2ccccc2s1. The Labute approximate surface area is 167 Å². The van der Waals surface area contributed by atoms with Gasteiger partial charge in [-0.15, -0.1) is 0 Å². The van der Waals surface area contributed by atoms with Crippen LogP contribution in [0.1, 0.15) is 30.3 Å². The van der Waals surface area contributed by atoms with E-state index in [1.165, 1.54) is 11.3 Å². The number of likely N-dealkylation sites (N-methyl/N-ethyl adjacent to an activating group) is 1. The van der Waals surface area contributed by atoms with E-state index in [0.29, 0.717) is 18.1 Å². The summed E-state index contributed by atoms with van der Waals surface area (Å²) in [7, 11) is 1.88. The van der Waals surface area contributed by atoms with Gasteiger partial charge < -0.3 is 4.74 Å². The molecule has 8 heteroatoms. The number of carbonyl (C=O) groups excluding carboxylic acids is 2. The molecule has 0 radical (unpaired) electrons. The van der Waals surface area contributed by atoms with Crippen molar-refractivity contribution >= 4 is 38.6 Å². The number of esters is 1. The second-order valence-corrected chi connectivity index (χ2v) is 7.54. The molecule has 0 aliphatic rings. The molecule has 0 N–H and O–H groups in total. The molecule has 2 aromatic heterocycles. The number of para-hydroxylation sites is 1. The lowest BCUT2D eigenvalue weighted by Crippen LogP contribution is -2.34. The van der Waals surface area contributed by atoms with Gasteiger partial charge in [0, 0.05) is 25.7 Å². The lowest BCUT2D eigenvalue weighted by atomic mass is 10.1. The molecular formula is C20H24N4O3S. The van der Waals surface area contributed by atoms with Crippen molar-refractivity contribution in [2.75, 3.05) is 18.1 Å². The fourth-order valence-corrected chi connectivity index (χ4v) is 4.14. The predicted molar refractivity (Wildman–Crippen MR) is 110 cm³/mol. The largest absolute Gasteiger partial charge is 0.456 e. The molecule has 0 saturated carbocycles. The number of ether oxygens (including phenoxy) is 1. The Bertz CT molecular complexity index is 975. The maximum Gasteiger partial charge on any atom is 0.306 e. The number of benzene rings is 1. The first-order valence-electron chi connectivity index (χ1n) is 9.21. The van der Waals surface area contributed by atoms with Gasteiger partial charge >= 0.3 is 5.97 Å². The van der Waals surface area contributed by atoms with Crippen LogP contribution in [0.25, 0.3) is 10.2 Å². The van der Waals surface area contributed by atoms with Gasteiger partial charge in [0.1, 0.15) is 0 Å². The highest BCUT2D eigenvalue weighted by Gasteiger charge is 2.20. The van der Waals surface area contributed by atoms with E-state index in [2.05, 4.69) is 10.1 Å². The van der Waals surface area contributed by atoms with Gasteiger partial charge in [0.2, 0.25) is 0 Å². The van der Waals surface area contributed by atoms with Gasteiger partial charge in [-0.2, -0.15) is 5.10 Å². The predicted octanol–water partition coefficient (Wildman–Crippen LogP) is 3.18. The van der Waals surface area contributed by atoms with Crippen molar-refractivity contribution < 1.29 is 14.3 Å². The molecule has 0 aliphatic heterocycles. The maximum absolute atomic E-state index is 12.5. The number of rotatable bonds is 7. The van der Waals surface area contributed by atoms with Gasteiger partial charge in [0.15, 0.2) is 11.7 Å². The summed E-state index contributed by atoms with van der Waals surface area (Å²) >= 11 is 1.45. The van der Waals surface area contributed by atoms with E-state index in [0.717, 1.165) is 27.2 Å². The van der Waals surface area contributed by atoms with E-state index in [1.807, 2.05) is 52.1 Å². The summed E-state index contributed by atoms with van der Waals surface area (Å²) in [6.45, 7) is 5.95. The third kappa shape index (κ3) is 4.22. The highest BCUT2D eigenvalue weighted by atomic mass is 32.1. The van der Waals surface area contributed by atoms with E-state index in [1.54, 1.807) is 9.58 Å². The first-order valence-corrected chi connectivity index (χ1v) is 10.0. The Hall–Kier alpha value is -2.74. The van der Waals surface area contributed by atoms with Crippen LogP contribution in [-0.4, -0.2) is 39.8 Å². The van der Waals surface area contributed by atoms with Gasteiger partial charge in [0.25, 0.3) is 5.91 Å². The van der Waals surface area contributed by atoms with E-state index < -0.39 is 5.97 Å². The number of fused-ring (bicyclic) bond motifs is 1. The third-order valence-corrected chi connectivity index (χ3v) is 5.78. The molecule has 0 aliphatic carbocycles. The van der Waals surface area contributed by atoms with Crippen LogP contribution in [0.4, 0.5) is 5.13 Å². The van der Waals surface area contributed by atoms with E-state index in [9.17, 15) is 9.59 Å². The first-order chi connectivity index (χ1) is 13.4. The van der Waals surface area contributed by atoms with Crippen molar-refractivity contribution in [2.45, 2.75) is 33.6 Å². The zero-order valence-electron chi connectivity index (χ0n) is 16.6. The van der Waals surface area contributed by atoms with E-state index in [4.69, 9.17) is 4.74 Å². The minimum absolute atomic E-state index is 0.216. The Morgan fingerprint density at radius 2 is 2.00 bits per heavy atom.